The highest BCUT2D eigenvalue weighted by Crippen LogP contribution is 2.30. The highest BCUT2D eigenvalue weighted by molar-refractivity contribution is 5.94. The molecule has 0 fully saturated rings. The maximum absolute atomic E-state index is 13.9. The fourth-order valence-electron chi connectivity index (χ4n) is 3.09. The molecular weight excluding hydrogens is 319 g/mol. The van der Waals surface area contributed by atoms with Crippen LogP contribution in [0.5, 0.6) is 5.75 Å². The first kappa shape index (κ1) is 15.2. The molecule has 0 aliphatic rings. The average molecular weight is 334 g/mol. The fourth-order valence-corrected chi connectivity index (χ4v) is 3.09. The van der Waals surface area contributed by atoms with E-state index in [-0.39, 0.29) is 5.78 Å². The Kier molecular flexibility index (Phi) is 3.42. The number of phenolic OH excluding ortho intramolecular Hbond substituents is 1. The van der Waals surface area contributed by atoms with E-state index in [2.05, 4.69) is 0 Å². The smallest absolute Gasteiger partial charge is 0.176 e. The van der Waals surface area contributed by atoms with Crippen LogP contribution in [0.4, 0.5) is 4.39 Å². The Balaban J connectivity index is 2.06. The molecule has 0 bridgehead atoms. The molecule has 0 atom stereocenters. The molecule has 2 aromatic heterocycles. The Morgan fingerprint density at radius 2 is 1.84 bits per heavy atom. The molecule has 4 aromatic rings. The molecule has 4 nitrogen and oxygen atoms in total. The molecule has 0 saturated carbocycles. The standard InChI is InChI=1S/C20H15FN2O2/c1-13(24)17-7-4-10-22(17)20-11-14-5-2-3-6-18(14)23(20)15-8-9-19(25)16(21)12-15/h2-12,25H,1H3. The predicted octanol–water partition coefficient (Wildman–Crippen LogP) is 4.47. The van der Waals surface area contributed by atoms with Gasteiger partial charge in [-0.1, -0.05) is 18.2 Å². The van der Waals surface area contributed by atoms with Gasteiger partial charge >= 0.3 is 0 Å². The summed E-state index contributed by atoms with van der Waals surface area (Å²) in [6, 6.07) is 17.5. The molecule has 1 N–H and O–H groups in total. The molecule has 0 aliphatic heterocycles. The summed E-state index contributed by atoms with van der Waals surface area (Å²) in [7, 11) is 0. The summed E-state index contributed by atoms with van der Waals surface area (Å²) in [6.45, 7) is 1.51. The van der Waals surface area contributed by atoms with Crippen molar-refractivity contribution in [1.29, 1.82) is 0 Å². The Morgan fingerprint density at radius 1 is 1.04 bits per heavy atom. The zero-order valence-corrected chi connectivity index (χ0v) is 13.5. The lowest BCUT2D eigenvalue weighted by Gasteiger charge is -2.14. The molecule has 2 heterocycles. The van der Waals surface area contributed by atoms with Crippen molar-refractivity contribution in [3.63, 3.8) is 0 Å². The van der Waals surface area contributed by atoms with Crippen molar-refractivity contribution in [2.75, 3.05) is 0 Å². The number of hydrogen-bond acceptors (Lipinski definition) is 2. The van der Waals surface area contributed by atoms with Crippen LogP contribution < -0.4 is 0 Å². The van der Waals surface area contributed by atoms with Crippen molar-refractivity contribution in [3.8, 4) is 17.3 Å². The van der Waals surface area contributed by atoms with E-state index in [0.717, 1.165) is 16.7 Å². The van der Waals surface area contributed by atoms with E-state index in [9.17, 15) is 14.3 Å². The van der Waals surface area contributed by atoms with E-state index in [1.54, 1.807) is 29.0 Å². The third kappa shape index (κ3) is 2.41. The van der Waals surface area contributed by atoms with Crippen molar-refractivity contribution in [1.82, 2.24) is 9.13 Å². The zero-order valence-electron chi connectivity index (χ0n) is 13.5. The monoisotopic (exact) mass is 334 g/mol. The maximum atomic E-state index is 13.9. The van der Waals surface area contributed by atoms with Gasteiger partial charge in [0.1, 0.15) is 5.82 Å². The predicted molar refractivity (Wildman–Crippen MR) is 94.2 cm³/mol. The van der Waals surface area contributed by atoms with E-state index in [4.69, 9.17) is 0 Å². The van der Waals surface area contributed by atoms with Crippen LogP contribution in [0.25, 0.3) is 22.4 Å². The summed E-state index contributed by atoms with van der Waals surface area (Å²) >= 11 is 0. The van der Waals surface area contributed by atoms with Gasteiger partial charge in [-0.15, -0.1) is 0 Å². The van der Waals surface area contributed by atoms with Gasteiger partial charge in [-0.3, -0.25) is 13.9 Å². The lowest BCUT2D eigenvalue weighted by molar-refractivity contribution is 0.101. The lowest BCUT2D eigenvalue weighted by atomic mass is 10.2. The normalized spacial score (nSPS) is 11.1. The molecular formula is C20H15FN2O2. The van der Waals surface area contributed by atoms with Crippen molar-refractivity contribution in [2.45, 2.75) is 6.92 Å². The van der Waals surface area contributed by atoms with E-state index >= 15 is 0 Å². The van der Waals surface area contributed by atoms with Crippen LogP contribution in [0, 0.1) is 5.82 Å². The minimum absolute atomic E-state index is 0.0568. The molecule has 0 amide bonds. The Hall–Kier alpha value is -3.34. The van der Waals surface area contributed by atoms with Crippen molar-refractivity contribution in [3.05, 3.63) is 78.4 Å². The van der Waals surface area contributed by atoms with E-state index in [0.29, 0.717) is 11.4 Å². The second-order valence-corrected chi connectivity index (χ2v) is 5.85. The number of Topliss-reactive ketones (excluding diaryl/α,β-unsaturated/α-hetero) is 1. The molecule has 124 valence electrons. The van der Waals surface area contributed by atoms with Gasteiger partial charge in [0.25, 0.3) is 0 Å². The minimum Gasteiger partial charge on any atom is -0.505 e. The number of fused-ring (bicyclic) bond motifs is 1. The van der Waals surface area contributed by atoms with Crippen LogP contribution in [0.15, 0.2) is 66.9 Å². The molecule has 4 rings (SSSR count). The number of halogens is 1. The number of benzene rings is 2. The Morgan fingerprint density at radius 3 is 2.60 bits per heavy atom. The maximum Gasteiger partial charge on any atom is 0.176 e. The number of hydrogen-bond donors (Lipinski definition) is 1. The van der Waals surface area contributed by atoms with Gasteiger partial charge in [-0.05, 0) is 36.4 Å². The number of aromatic nitrogens is 2. The first-order valence-corrected chi connectivity index (χ1v) is 7.84. The summed E-state index contributed by atoms with van der Waals surface area (Å²) in [5, 5.41) is 10.5. The summed E-state index contributed by atoms with van der Waals surface area (Å²) in [5.74, 6) is -0.423. The van der Waals surface area contributed by atoms with Gasteiger partial charge in [-0.25, -0.2) is 4.39 Å². The number of rotatable bonds is 3. The summed E-state index contributed by atoms with van der Waals surface area (Å²) in [6.07, 6.45) is 1.80. The van der Waals surface area contributed by atoms with Crippen molar-refractivity contribution in [2.24, 2.45) is 0 Å². The summed E-state index contributed by atoms with van der Waals surface area (Å²) < 4.78 is 17.6. The number of nitrogens with zero attached hydrogens (tertiary/aromatic N) is 2. The minimum atomic E-state index is -0.694. The molecule has 0 aliphatic carbocycles. The number of phenols is 1. The van der Waals surface area contributed by atoms with Gasteiger partial charge in [0.2, 0.25) is 0 Å². The van der Waals surface area contributed by atoms with E-state index in [1.807, 2.05) is 34.9 Å². The number of carbonyl (C=O) groups is 1. The third-order valence-corrected chi connectivity index (χ3v) is 4.24. The first-order chi connectivity index (χ1) is 12.1. The summed E-state index contributed by atoms with van der Waals surface area (Å²) in [4.78, 5) is 11.9. The number of para-hydroxylation sites is 1. The van der Waals surface area contributed by atoms with Gasteiger partial charge in [-0.2, -0.15) is 0 Å². The SMILES string of the molecule is CC(=O)c1cccn1-c1cc2ccccc2n1-c1ccc(O)c(F)c1. The molecule has 2 aromatic carbocycles. The molecule has 0 spiro atoms. The van der Waals surface area contributed by atoms with Crippen LogP contribution in [0.2, 0.25) is 0 Å². The van der Waals surface area contributed by atoms with Crippen LogP contribution in [-0.4, -0.2) is 20.0 Å². The van der Waals surface area contributed by atoms with Crippen molar-refractivity contribution < 1.29 is 14.3 Å². The number of ketones is 1. The Bertz CT molecular complexity index is 1110. The molecule has 0 unspecified atom stereocenters. The highest BCUT2D eigenvalue weighted by atomic mass is 19.1. The van der Waals surface area contributed by atoms with Crippen LogP contribution in [0.1, 0.15) is 17.4 Å². The lowest BCUT2D eigenvalue weighted by Crippen LogP contribution is -2.08. The van der Waals surface area contributed by atoms with Gasteiger partial charge in [0, 0.05) is 24.6 Å². The van der Waals surface area contributed by atoms with E-state index in [1.165, 1.54) is 19.1 Å². The first-order valence-electron chi connectivity index (χ1n) is 7.84. The van der Waals surface area contributed by atoms with Gasteiger partial charge < -0.3 is 5.11 Å². The number of aromatic hydroxyl groups is 1. The third-order valence-electron chi connectivity index (χ3n) is 4.24. The van der Waals surface area contributed by atoms with Crippen LogP contribution in [0.3, 0.4) is 0 Å². The fraction of sp³-hybridized carbons (Fsp3) is 0.0500. The molecule has 0 saturated heterocycles. The van der Waals surface area contributed by atoms with Crippen LogP contribution in [-0.2, 0) is 0 Å². The largest absolute Gasteiger partial charge is 0.505 e. The average Bonchev–Trinajstić information content (AvgIpc) is 3.21. The molecule has 25 heavy (non-hydrogen) atoms. The topological polar surface area (TPSA) is 47.2 Å². The second kappa shape index (κ2) is 5.63. The van der Waals surface area contributed by atoms with E-state index < -0.39 is 11.6 Å². The van der Waals surface area contributed by atoms with Crippen molar-refractivity contribution >= 4 is 16.7 Å². The second-order valence-electron chi connectivity index (χ2n) is 5.85. The van der Waals surface area contributed by atoms with Gasteiger partial charge in [0.05, 0.1) is 16.9 Å². The number of carbonyl (C=O) groups excluding carboxylic acids is 1. The van der Waals surface area contributed by atoms with Gasteiger partial charge in [0.15, 0.2) is 17.3 Å². The highest BCUT2D eigenvalue weighted by Gasteiger charge is 2.16. The quantitative estimate of drug-likeness (QED) is 0.562. The molecule has 0 radical (unpaired) electrons. The zero-order chi connectivity index (χ0) is 17.6. The molecule has 5 heteroatoms. The summed E-state index contributed by atoms with van der Waals surface area (Å²) in [5.41, 5.74) is 1.99. The van der Waals surface area contributed by atoms with Crippen LogP contribution >= 0.6 is 0 Å². The Labute approximate surface area is 143 Å².